The van der Waals surface area contributed by atoms with Crippen molar-refractivity contribution in [1.29, 1.82) is 0 Å². The van der Waals surface area contributed by atoms with Gasteiger partial charge in [0.15, 0.2) is 5.82 Å². The van der Waals surface area contributed by atoms with Crippen molar-refractivity contribution >= 4 is 31.5 Å². The van der Waals surface area contributed by atoms with Gasteiger partial charge in [-0.2, -0.15) is 5.10 Å². The van der Waals surface area contributed by atoms with Crippen LogP contribution in [0.1, 0.15) is 153 Å². The highest BCUT2D eigenvalue weighted by atomic mass is 35.5. The lowest BCUT2D eigenvalue weighted by molar-refractivity contribution is -0.00970. The van der Waals surface area contributed by atoms with Gasteiger partial charge in [0.25, 0.3) is 0 Å². The number of nitrogens with two attached hydrogens (primary N) is 1. The fraction of sp³-hybridized carbons (Fsp3) is 0.711. The van der Waals surface area contributed by atoms with E-state index in [-0.39, 0.29) is 31.5 Å². The molecule has 3 aromatic heterocycles. The van der Waals surface area contributed by atoms with Crippen molar-refractivity contribution in [3.63, 3.8) is 0 Å². The number of fused-ring (bicyclic) bond motifs is 1. The quantitative estimate of drug-likeness (QED) is 0.0554. The highest BCUT2D eigenvalue weighted by Crippen LogP contribution is 2.38. The van der Waals surface area contributed by atoms with Crippen LogP contribution in [-0.4, -0.2) is 49.9 Å². The summed E-state index contributed by atoms with van der Waals surface area (Å²) in [6.45, 7) is 3.16. The number of ether oxygens (including phenoxy) is 2. The van der Waals surface area contributed by atoms with Gasteiger partial charge in [-0.15, -0.1) is 0 Å². The molecule has 1 fully saturated rings. The van der Waals surface area contributed by atoms with Crippen molar-refractivity contribution in [2.45, 2.75) is 160 Å². The Labute approximate surface area is 306 Å². The fourth-order valence-corrected chi connectivity index (χ4v) is 7.51. The van der Waals surface area contributed by atoms with Crippen LogP contribution in [0.5, 0.6) is 0 Å². The first-order valence-corrected chi connectivity index (χ1v) is 20.7. The van der Waals surface area contributed by atoms with Crippen LogP contribution in [0.3, 0.4) is 0 Å². The molecule has 1 aliphatic rings. The SMILES string of the molecule is CCCCCCCCCCCCCCCCCCCC(COP(O)OCC1CCC(c2ccc3c(N)ncnn23)O1)OCc1cncc(Cl)c1. The van der Waals surface area contributed by atoms with Crippen LogP contribution >= 0.6 is 20.2 Å². The van der Waals surface area contributed by atoms with E-state index in [9.17, 15) is 4.89 Å². The molecule has 4 heterocycles. The molecular weight excluding hydrogens is 673 g/mol. The number of hydrogen-bond acceptors (Lipinski definition) is 9. The third-order valence-electron chi connectivity index (χ3n) is 9.57. The minimum absolute atomic E-state index is 0.130. The van der Waals surface area contributed by atoms with Gasteiger partial charge in [-0.1, -0.05) is 128 Å². The number of aromatic nitrogens is 4. The summed E-state index contributed by atoms with van der Waals surface area (Å²) >= 11 is 6.12. The Morgan fingerprint density at radius 3 is 2.24 bits per heavy atom. The molecule has 3 aromatic rings. The van der Waals surface area contributed by atoms with Gasteiger partial charge in [0.2, 0.25) is 0 Å². The van der Waals surface area contributed by atoms with Gasteiger partial charge in [-0.25, -0.2) is 9.50 Å². The molecule has 0 aliphatic carbocycles. The van der Waals surface area contributed by atoms with Gasteiger partial charge < -0.3 is 29.1 Å². The van der Waals surface area contributed by atoms with Crippen molar-refractivity contribution < 1.29 is 23.4 Å². The summed E-state index contributed by atoms with van der Waals surface area (Å²) in [4.78, 5) is 18.8. The van der Waals surface area contributed by atoms with Gasteiger partial charge in [-0.05, 0) is 43.0 Å². The van der Waals surface area contributed by atoms with Crippen LogP contribution in [0, 0.1) is 0 Å². The Kier molecular flexibility index (Phi) is 19.9. The first kappa shape index (κ1) is 40.9. The molecule has 4 rings (SSSR count). The number of unbranched alkanes of at least 4 members (excludes halogenated alkanes) is 16. The average molecular weight is 734 g/mol. The molecule has 280 valence electrons. The molecule has 10 nitrogen and oxygen atoms in total. The lowest BCUT2D eigenvalue weighted by Gasteiger charge is -2.20. The Bertz CT molecular complexity index is 1340. The van der Waals surface area contributed by atoms with Gasteiger partial charge in [-0.3, -0.25) is 4.98 Å². The summed E-state index contributed by atoms with van der Waals surface area (Å²) in [6.07, 6.45) is 29.7. The van der Waals surface area contributed by atoms with E-state index in [1.807, 2.05) is 18.2 Å². The largest absolute Gasteiger partial charge is 0.382 e. The molecule has 0 radical (unpaired) electrons. The lowest BCUT2D eigenvalue weighted by atomic mass is 10.0. The fourth-order valence-electron chi connectivity index (χ4n) is 6.65. The average Bonchev–Trinajstić information content (AvgIpc) is 3.77. The van der Waals surface area contributed by atoms with Crippen LogP contribution in [0.2, 0.25) is 5.02 Å². The number of nitrogens with zero attached hydrogens (tertiary/aromatic N) is 4. The number of rotatable bonds is 28. The molecule has 1 saturated heterocycles. The zero-order valence-corrected chi connectivity index (χ0v) is 31.9. The molecular formula is C38H61ClN5O5P. The van der Waals surface area contributed by atoms with Gasteiger partial charge >= 0.3 is 8.60 Å². The van der Waals surface area contributed by atoms with Crippen molar-refractivity contribution in [3.05, 3.63) is 53.2 Å². The molecule has 3 N–H and O–H groups in total. The molecule has 0 spiro atoms. The van der Waals surface area contributed by atoms with Crippen molar-refractivity contribution in [2.75, 3.05) is 18.9 Å². The normalized spacial score (nSPS) is 17.5. The van der Waals surface area contributed by atoms with E-state index in [0.717, 1.165) is 48.9 Å². The minimum atomic E-state index is -2.07. The van der Waals surface area contributed by atoms with E-state index in [0.29, 0.717) is 17.4 Å². The van der Waals surface area contributed by atoms with Gasteiger partial charge in [0.05, 0.1) is 42.7 Å². The second-order valence-electron chi connectivity index (χ2n) is 13.7. The minimum Gasteiger partial charge on any atom is -0.382 e. The standard InChI is InChI=1S/C38H61ClN5O5P/c1-2-3-4-5-6-7-8-9-10-11-12-13-14-15-16-17-18-19-33(46-27-31-24-32(39)26-41-25-31)28-47-50(45)48-29-34-20-23-37(49-34)35-21-22-36-38(40)42-30-43-44(35)36/h21-22,24-26,30,33-34,37,45H,2-20,23,27-29H2,1H3,(H2,40,42,43). The Hall–Kier alpha value is -1.91. The molecule has 12 heteroatoms. The highest BCUT2D eigenvalue weighted by molar-refractivity contribution is 7.40. The summed E-state index contributed by atoms with van der Waals surface area (Å²) < 4.78 is 25.7. The summed E-state index contributed by atoms with van der Waals surface area (Å²) in [5.41, 5.74) is 8.58. The van der Waals surface area contributed by atoms with Crippen LogP contribution in [-0.2, 0) is 25.1 Å². The maximum absolute atomic E-state index is 10.6. The Morgan fingerprint density at radius 1 is 0.920 bits per heavy atom. The molecule has 0 aromatic carbocycles. The summed E-state index contributed by atoms with van der Waals surface area (Å²) in [5, 5.41) is 4.91. The Morgan fingerprint density at radius 2 is 1.58 bits per heavy atom. The monoisotopic (exact) mass is 733 g/mol. The molecule has 0 amide bonds. The van der Waals surface area contributed by atoms with E-state index in [1.165, 1.54) is 103 Å². The third-order valence-corrected chi connectivity index (χ3v) is 10.5. The van der Waals surface area contributed by atoms with Crippen LogP contribution in [0.4, 0.5) is 5.82 Å². The van der Waals surface area contributed by atoms with E-state index in [1.54, 1.807) is 16.9 Å². The second kappa shape index (κ2) is 24.4. The van der Waals surface area contributed by atoms with Crippen LogP contribution < -0.4 is 5.73 Å². The number of hydrogen-bond donors (Lipinski definition) is 2. The van der Waals surface area contributed by atoms with Crippen LogP contribution in [0.15, 0.2) is 36.9 Å². The topological polar surface area (TPSA) is 126 Å². The number of nitrogen functional groups attached to an aromatic ring is 1. The molecule has 0 saturated carbocycles. The predicted molar refractivity (Wildman–Crippen MR) is 202 cm³/mol. The maximum atomic E-state index is 10.6. The van der Waals surface area contributed by atoms with Crippen molar-refractivity contribution in [1.82, 2.24) is 19.6 Å². The number of pyridine rings is 1. The number of anilines is 1. The van der Waals surface area contributed by atoms with Crippen molar-refractivity contribution in [2.24, 2.45) is 0 Å². The van der Waals surface area contributed by atoms with Gasteiger partial charge in [0.1, 0.15) is 17.9 Å². The van der Waals surface area contributed by atoms with Crippen molar-refractivity contribution in [3.8, 4) is 0 Å². The molecule has 4 unspecified atom stereocenters. The number of halogens is 1. The van der Waals surface area contributed by atoms with Crippen LogP contribution in [0.25, 0.3) is 5.52 Å². The van der Waals surface area contributed by atoms with E-state index >= 15 is 0 Å². The first-order valence-electron chi connectivity index (χ1n) is 19.2. The Balaban J connectivity index is 1.07. The first-order chi connectivity index (χ1) is 24.5. The lowest BCUT2D eigenvalue weighted by Crippen LogP contribution is -2.20. The zero-order chi connectivity index (χ0) is 35.2. The molecule has 0 bridgehead atoms. The zero-order valence-electron chi connectivity index (χ0n) is 30.2. The summed E-state index contributed by atoms with van der Waals surface area (Å²) in [5.74, 6) is 0.434. The summed E-state index contributed by atoms with van der Waals surface area (Å²) in [6, 6.07) is 5.73. The van der Waals surface area contributed by atoms with E-state index in [4.69, 9.17) is 35.9 Å². The smallest absolute Gasteiger partial charge is 0.330 e. The molecule has 4 atom stereocenters. The van der Waals surface area contributed by atoms with E-state index < -0.39 is 8.60 Å². The molecule has 50 heavy (non-hydrogen) atoms. The predicted octanol–water partition coefficient (Wildman–Crippen LogP) is 10.5. The van der Waals surface area contributed by atoms with Gasteiger partial charge in [0, 0.05) is 12.4 Å². The highest BCUT2D eigenvalue weighted by Gasteiger charge is 2.30. The third kappa shape index (κ3) is 15.4. The maximum Gasteiger partial charge on any atom is 0.330 e. The second-order valence-corrected chi connectivity index (χ2v) is 15.2. The molecule has 1 aliphatic heterocycles. The summed E-state index contributed by atoms with van der Waals surface area (Å²) in [7, 11) is -2.07. The van der Waals surface area contributed by atoms with E-state index in [2.05, 4.69) is 22.0 Å².